The van der Waals surface area contributed by atoms with Gasteiger partial charge in [-0.15, -0.1) is 0 Å². The summed E-state index contributed by atoms with van der Waals surface area (Å²) in [5, 5.41) is 11.3. The Hall–Kier alpha value is -2.21. The fourth-order valence-corrected chi connectivity index (χ4v) is 2.81. The molecule has 0 aliphatic carbocycles. The van der Waals surface area contributed by atoms with Crippen LogP contribution in [-0.4, -0.2) is 54.2 Å². The summed E-state index contributed by atoms with van der Waals surface area (Å²) in [5.41, 5.74) is 3.82. The van der Waals surface area contributed by atoms with Crippen LogP contribution in [0.1, 0.15) is 17.0 Å². The van der Waals surface area contributed by atoms with Crippen molar-refractivity contribution in [1.29, 1.82) is 0 Å². The highest BCUT2D eigenvalue weighted by Crippen LogP contribution is 2.17. The van der Waals surface area contributed by atoms with Crippen LogP contribution in [0.25, 0.3) is 5.69 Å². The lowest BCUT2D eigenvalue weighted by Gasteiger charge is -2.27. The van der Waals surface area contributed by atoms with Crippen molar-refractivity contribution in [2.45, 2.75) is 13.8 Å². The molecule has 5 nitrogen and oxygen atoms in total. The number of piperazine rings is 1. The monoisotopic (exact) mass is 316 g/mol. The molecule has 2 heterocycles. The number of aryl methyl sites for hydroxylation is 1. The predicted molar refractivity (Wildman–Crippen MR) is 88.8 cm³/mol. The van der Waals surface area contributed by atoms with Gasteiger partial charge >= 0.3 is 0 Å². The zero-order valence-electron chi connectivity index (χ0n) is 13.9. The number of rotatable bonds is 3. The number of nitrogens with one attached hydrogen (secondary N) is 1. The lowest BCUT2D eigenvalue weighted by atomic mass is 10.2. The van der Waals surface area contributed by atoms with E-state index in [0.717, 1.165) is 48.8 Å². The summed E-state index contributed by atoms with van der Waals surface area (Å²) in [6, 6.07) is 6.37. The largest absolute Gasteiger partial charge is 0.334 e. The second-order valence-electron chi connectivity index (χ2n) is 6.13. The van der Waals surface area contributed by atoms with E-state index in [2.05, 4.69) is 22.3 Å². The average molecular weight is 316 g/mol. The van der Waals surface area contributed by atoms with Gasteiger partial charge in [-0.3, -0.25) is 5.01 Å². The summed E-state index contributed by atoms with van der Waals surface area (Å²) in [6.07, 6.45) is 1.90. The summed E-state index contributed by atoms with van der Waals surface area (Å²) in [7, 11) is 2.21. The van der Waals surface area contributed by atoms with Gasteiger partial charge in [0.05, 0.1) is 56.5 Å². The molecule has 0 radical (unpaired) electrons. The molecule has 122 valence electrons. The maximum atomic E-state index is 13.1. The molecule has 1 aromatic carbocycles. The number of hydrogen-bond donors (Lipinski definition) is 1. The summed E-state index contributed by atoms with van der Waals surface area (Å²) in [4.78, 5) is 1.55. The molecule has 23 heavy (non-hydrogen) atoms. The first kappa shape index (κ1) is 15.7. The third-order valence-electron chi connectivity index (χ3n) is 4.36. The van der Waals surface area contributed by atoms with E-state index in [9.17, 15) is 4.39 Å². The number of hydrazone groups is 1. The van der Waals surface area contributed by atoms with Gasteiger partial charge in [0.2, 0.25) is 0 Å². The zero-order chi connectivity index (χ0) is 16.4. The highest BCUT2D eigenvalue weighted by Gasteiger charge is 2.15. The van der Waals surface area contributed by atoms with E-state index >= 15 is 0 Å². The van der Waals surface area contributed by atoms with Gasteiger partial charge in [0.25, 0.3) is 0 Å². The third kappa shape index (κ3) is 3.42. The first-order chi connectivity index (χ1) is 11.0. The first-order valence-corrected chi connectivity index (χ1v) is 7.97. The SMILES string of the molecule is Cc1nn(-c2ccc(F)cc2)c(C)c1/C=N\N1CC[NH+](C)CC1. The summed E-state index contributed by atoms with van der Waals surface area (Å²) < 4.78 is 14.9. The molecule has 1 aliphatic heterocycles. The van der Waals surface area contributed by atoms with Crippen LogP contribution in [0.5, 0.6) is 0 Å². The van der Waals surface area contributed by atoms with Crippen LogP contribution >= 0.6 is 0 Å². The van der Waals surface area contributed by atoms with E-state index in [0.29, 0.717) is 0 Å². The first-order valence-electron chi connectivity index (χ1n) is 7.97. The molecule has 0 amide bonds. The number of quaternary nitrogens is 1. The van der Waals surface area contributed by atoms with Crippen LogP contribution in [0.15, 0.2) is 29.4 Å². The molecule has 1 aliphatic rings. The number of nitrogens with zero attached hydrogens (tertiary/aromatic N) is 4. The Bertz CT molecular complexity index is 697. The van der Waals surface area contributed by atoms with Gasteiger partial charge in [0, 0.05) is 5.56 Å². The minimum atomic E-state index is -0.241. The van der Waals surface area contributed by atoms with E-state index in [-0.39, 0.29) is 5.82 Å². The molecule has 1 aromatic heterocycles. The van der Waals surface area contributed by atoms with Gasteiger partial charge in [0.15, 0.2) is 0 Å². The van der Waals surface area contributed by atoms with Gasteiger partial charge in [-0.25, -0.2) is 9.07 Å². The standard InChI is InChI=1S/C17H22FN5/c1-13-17(12-19-22-10-8-21(3)9-11-22)14(2)23(20-13)16-6-4-15(18)5-7-16/h4-7,12H,8-11H2,1-3H3/p+1/b19-12-. The number of likely N-dealkylation sites (N-methyl/N-ethyl adjacent to an activating group) is 1. The van der Waals surface area contributed by atoms with Crippen molar-refractivity contribution in [1.82, 2.24) is 14.8 Å². The van der Waals surface area contributed by atoms with Crippen molar-refractivity contribution in [3.63, 3.8) is 0 Å². The van der Waals surface area contributed by atoms with Gasteiger partial charge < -0.3 is 4.90 Å². The lowest BCUT2D eigenvalue weighted by Crippen LogP contribution is -3.11. The Morgan fingerprint density at radius 2 is 1.83 bits per heavy atom. The van der Waals surface area contributed by atoms with Crippen LogP contribution in [0.3, 0.4) is 0 Å². The average Bonchev–Trinajstić information content (AvgIpc) is 2.82. The smallest absolute Gasteiger partial charge is 0.123 e. The zero-order valence-corrected chi connectivity index (χ0v) is 13.9. The molecule has 0 bridgehead atoms. The minimum absolute atomic E-state index is 0.241. The van der Waals surface area contributed by atoms with Crippen molar-refractivity contribution >= 4 is 6.21 Å². The molecule has 0 spiro atoms. The van der Waals surface area contributed by atoms with Crippen LogP contribution in [-0.2, 0) is 0 Å². The van der Waals surface area contributed by atoms with Crippen molar-refractivity contribution in [3.05, 3.63) is 47.0 Å². The summed E-state index contributed by atoms with van der Waals surface area (Å²) in [6.45, 7) is 8.18. The summed E-state index contributed by atoms with van der Waals surface area (Å²) in [5.74, 6) is -0.241. The fraction of sp³-hybridized carbons (Fsp3) is 0.412. The van der Waals surface area contributed by atoms with Crippen LogP contribution < -0.4 is 4.90 Å². The molecule has 1 fully saturated rings. The molecule has 6 heteroatoms. The second kappa shape index (κ2) is 6.50. The number of aromatic nitrogens is 2. The fourth-order valence-electron chi connectivity index (χ4n) is 2.81. The molecule has 0 atom stereocenters. The molecule has 1 N–H and O–H groups in total. The van der Waals surface area contributed by atoms with Gasteiger partial charge in [-0.05, 0) is 38.1 Å². The molecule has 3 rings (SSSR count). The van der Waals surface area contributed by atoms with Crippen molar-refractivity contribution < 1.29 is 9.29 Å². The minimum Gasteiger partial charge on any atom is -0.334 e. The lowest BCUT2D eigenvalue weighted by molar-refractivity contribution is -0.884. The number of halogens is 1. The quantitative estimate of drug-likeness (QED) is 0.851. The third-order valence-corrected chi connectivity index (χ3v) is 4.36. The van der Waals surface area contributed by atoms with E-state index in [4.69, 9.17) is 0 Å². The van der Waals surface area contributed by atoms with Crippen LogP contribution in [0.2, 0.25) is 0 Å². The van der Waals surface area contributed by atoms with Gasteiger partial charge in [0.1, 0.15) is 5.82 Å². The van der Waals surface area contributed by atoms with E-state index < -0.39 is 0 Å². The van der Waals surface area contributed by atoms with E-state index in [1.807, 2.05) is 24.7 Å². The van der Waals surface area contributed by atoms with Crippen molar-refractivity contribution in [2.75, 3.05) is 33.2 Å². The molecule has 0 saturated carbocycles. The Kier molecular flexibility index (Phi) is 4.43. The van der Waals surface area contributed by atoms with Crippen molar-refractivity contribution in [3.8, 4) is 5.69 Å². The van der Waals surface area contributed by atoms with Gasteiger partial charge in [-0.1, -0.05) is 0 Å². The molecule has 0 unspecified atom stereocenters. The van der Waals surface area contributed by atoms with Gasteiger partial charge in [-0.2, -0.15) is 10.2 Å². The molecule has 2 aromatic rings. The molecular weight excluding hydrogens is 293 g/mol. The maximum absolute atomic E-state index is 13.1. The number of benzene rings is 1. The number of hydrogen-bond acceptors (Lipinski definition) is 3. The topological polar surface area (TPSA) is 37.9 Å². The van der Waals surface area contributed by atoms with Crippen molar-refractivity contribution in [2.24, 2.45) is 5.10 Å². The highest BCUT2D eigenvalue weighted by atomic mass is 19.1. The molecular formula is C17H23FN5+. The predicted octanol–water partition coefficient (Wildman–Crippen LogP) is 0.792. The second-order valence-corrected chi connectivity index (χ2v) is 6.13. The Balaban J connectivity index is 1.82. The molecule has 1 saturated heterocycles. The maximum Gasteiger partial charge on any atom is 0.123 e. The van der Waals surface area contributed by atoms with Crippen LogP contribution in [0.4, 0.5) is 4.39 Å². The highest BCUT2D eigenvalue weighted by molar-refractivity contribution is 5.82. The Morgan fingerprint density at radius 3 is 2.48 bits per heavy atom. The normalized spacial score (nSPS) is 16.4. The summed E-state index contributed by atoms with van der Waals surface area (Å²) >= 11 is 0. The Labute approximate surface area is 136 Å². The Morgan fingerprint density at radius 1 is 1.17 bits per heavy atom. The van der Waals surface area contributed by atoms with E-state index in [1.54, 1.807) is 17.0 Å². The van der Waals surface area contributed by atoms with Crippen LogP contribution in [0, 0.1) is 19.7 Å². The van der Waals surface area contributed by atoms with E-state index in [1.165, 1.54) is 12.1 Å².